The summed E-state index contributed by atoms with van der Waals surface area (Å²) in [5, 5.41) is 0. The molecule has 2 heterocycles. The summed E-state index contributed by atoms with van der Waals surface area (Å²) in [7, 11) is 0. The Kier molecular flexibility index (Phi) is 4.10. The average molecular weight is 279 g/mol. The van der Waals surface area contributed by atoms with Crippen LogP contribution in [0.15, 0.2) is 0 Å². The molecule has 0 saturated carbocycles. The summed E-state index contributed by atoms with van der Waals surface area (Å²) < 4.78 is 24.8. The molecule has 110 valence electrons. The number of fused-ring (bicyclic) bond motifs is 2. The van der Waals surface area contributed by atoms with E-state index in [0.29, 0.717) is 13.0 Å². The van der Waals surface area contributed by atoms with Crippen LogP contribution in [0.25, 0.3) is 0 Å². The number of benzene rings is 1. The van der Waals surface area contributed by atoms with Crippen molar-refractivity contribution >= 4 is 0 Å². The van der Waals surface area contributed by atoms with E-state index in [-0.39, 0.29) is 6.67 Å². The van der Waals surface area contributed by atoms with Crippen molar-refractivity contribution in [3.05, 3.63) is 22.3 Å². The van der Waals surface area contributed by atoms with E-state index >= 15 is 0 Å². The molecule has 20 heavy (non-hydrogen) atoms. The third kappa shape index (κ3) is 2.26. The van der Waals surface area contributed by atoms with E-state index in [1.54, 1.807) is 0 Å². The quantitative estimate of drug-likeness (QED) is 0.920. The van der Waals surface area contributed by atoms with Crippen LogP contribution in [-0.2, 0) is 25.7 Å². The zero-order valence-electron chi connectivity index (χ0n) is 11.8. The van der Waals surface area contributed by atoms with E-state index in [0.717, 1.165) is 67.9 Å². The van der Waals surface area contributed by atoms with Crippen molar-refractivity contribution < 1.29 is 13.9 Å². The van der Waals surface area contributed by atoms with E-state index in [9.17, 15) is 4.39 Å². The zero-order chi connectivity index (χ0) is 13.9. The summed E-state index contributed by atoms with van der Waals surface area (Å²) in [6.07, 6.45) is 5.19. The molecule has 2 aliphatic rings. The van der Waals surface area contributed by atoms with Gasteiger partial charge in [-0.1, -0.05) is 0 Å². The Morgan fingerprint density at radius 1 is 0.900 bits per heavy atom. The monoisotopic (exact) mass is 279 g/mol. The van der Waals surface area contributed by atoms with Gasteiger partial charge in [0, 0.05) is 28.7 Å². The molecule has 1 aromatic carbocycles. The fourth-order valence-corrected chi connectivity index (χ4v) is 3.40. The summed E-state index contributed by atoms with van der Waals surface area (Å²) in [6.45, 7) is 1.73. The molecule has 0 saturated heterocycles. The van der Waals surface area contributed by atoms with Crippen LogP contribution < -0.4 is 15.2 Å². The lowest BCUT2D eigenvalue weighted by molar-refractivity contribution is 0.265. The Bertz CT molecular complexity index is 420. The lowest BCUT2D eigenvalue weighted by atomic mass is 9.86. The van der Waals surface area contributed by atoms with Gasteiger partial charge in [-0.15, -0.1) is 0 Å². The van der Waals surface area contributed by atoms with Gasteiger partial charge in [0.1, 0.15) is 11.5 Å². The molecule has 4 heteroatoms. The second-order valence-corrected chi connectivity index (χ2v) is 5.45. The van der Waals surface area contributed by atoms with Crippen molar-refractivity contribution in [2.24, 2.45) is 5.73 Å². The summed E-state index contributed by atoms with van der Waals surface area (Å²) in [5.74, 6) is 1.91. The van der Waals surface area contributed by atoms with Crippen molar-refractivity contribution in [1.29, 1.82) is 0 Å². The Labute approximate surface area is 119 Å². The first-order chi connectivity index (χ1) is 9.86. The fourth-order valence-electron chi connectivity index (χ4n) is 3.40. The molecule has 3 nitrogen and oxygen atoms in total. The molecule has 0 unspecified atom stereocenters. The zero-order valence-corrected chi connectivity index (χ0v) is 11.8. The topological polar surface area (TPSA) is 44.5 Å². The first-order valence-corrected chi connectivity index (χ1v) is 7.58. The maximum atomic E-state index is 13.0. The van der Waals surface area contributed by atoms with Crippen LogP contribution in [0.5, 0.6) is 11.5 Å². The normalized spacial score (nSPS) is 16.9. The third-order valence-corrected chi connectivity index (χ3v) is 4.20. The smallest absolute Gasteiger partial charge is 0.126 e. The number of halogens is 1. The second-order valence-electron chi connectivity index (χ2n) is 5.45. The van der Waals surface area contributed by atoms with Gasteiger partial charge in [0.15, 0.2) is 0 Å². The van der Waals surface area contributed by atoms with Gasteiger partial charge in [-0.05, 0) is 38.6 Å². The van der Waals surface area contributed by atoms with Crippen LogP contribution >= 0.6 is 0 Å². The Balaban J connectivity index is 2.19. The van der Waals surface area contributed by atoms with Crippen molar-refractivity contribution in [3.8, 4) is 11.5 Å². The largest absolute Gasteiger partial charge is 0.493 e. The van der Waals surface area contributed by atoms with E-state index < -0.39 is 0 Å². The molecular weight excluding hydrogens is 257 g/mol. The van der Waals surface area contributed by atoms with E-state index in [4.69, 9.17) is 15.2 Å². The molecule has 0 bridgehead atoms. The number of hydrogen-bond acceptors (Lipinski definition) is 3. The van der Waals surface area contributed by atoms with Crippen molar-refractivity contribution in [1.82, 2.24) is 0 Å². The first-order valence-electron chi connectivity index (χ1n) is 7.58. The molecule has 2 N–H and O–H groups in total. The van der Waals surface area contributed by atoms with Crippen LogP contribution in [0, 0.1) is 0 Å². The highest BCUT2D eigenvalue weighted by molar-refractivity contribution is 5.61. The Hall–Kier alpha value is -1.29. The highest BCUT2D eigenvalue weighted by Crippen LogP contribution is 2.43. The lowest BCUT2D eigenvalue weighted by Gasteiger charge is -2.30. The predicted octanol–water partition coefficient (Wildman–Crippen LogP) is 2.35. The first kappa shape index (κ1) is 13.7. The minimum atomic E-state index is -0.349. The Morgan fingerprint density at radius 2 is 1.45 bits per heavy atom. The molecular formula is C16H22FNO2. The molecule has 0 spiro atoms. The van der Waals surface area contributed by atoms with Crippen molar-refractivity contribution in [3.63, 3.8) is 0 Å². The Morgan fingerprint density at radius 3 is 1.95 bits per heavy atom. The van der Waals surface area contributed by atoms with Crippen molar-refractivity contribution in [2.45, 2.75) is 38.5 Å². The molecule has 3 rings (SSSR count). The fraction of sp³-hybridized carbons (Fsp3) is 0.625. The maximum absolute atomic E-state index is 13.0. The molecule has 2 aliphatic heterocycles. The van der Waals surface area contributed by atoms with Gasteiger partial charge in [0.05, 0.1) is 19.9 Å². The number of ether oxygens (including phenoxy) is 2. The lowest BCUT2D eigenvalue weighted by Crippen LogP contribution is -2.21. The van der Waals surface area contributed by atoms with Crippen LogP contribution in [0.3, 0.4) is 0 Å². The van der Waals surface area contributed by atoms with E-state index in [1.165, 1.54) is 11.1 Å². The number of nitrogens with two attached hydrogens (primary N) is 1. The summed E-state index contributed by atoms with van der Waals surface area (Å²) in [5.41, 5.74) is 10.4. The SMILES string of the molecule is NCCc1c2c(c(CCF)c3c1OCCC3)OCCC2. The van der Waals surface area contributed by atoms with Gasteiger partial charge in [0.2, 0.25) is 0 Å². The second kappa shape index (κ2) is 6.00. The highest BCUT2D eigenvalue weighted by atomic mass is 19.1. The molecule has 0 aliphatic carbocycles. The van der Waals surface area contributed by atoms with Crippen LogP contribution in [0.1, 0.15) is 35.1 Å². The van der Waals surface area contributed by atoms with Crippen LogP contribution in [0.4, 0.5) is 4.39 Å². The van der Waals surface area contributed by atoms with Gasteiger partial charge in [-0.25, -0.2) is 0 Å². The molecule has 0 aromatic heterocycles. The summed E-state index contributed by atoms with van der Waals surface area (Å²) in [4.78, 5) is 0. The van der Waals surface area contributed by atoms with Gasteiger partial charge in [-0.3, -0.25) is 4.39 Å². The molecule has 0 atom stereocenters. The van der Waals surface area contributed by atoms with E-state index in [1.807, 2.05) is 0 Å². The standard InChI is InChI=1S/C16H22FNO2/c17-7-5-13-11-3-1-10-20-16(11)14(6-8-18)12-4-2-9-19-15(12)13/h1-10,18H2. The molecule has 1 aromatic rings. The minimum absolute atomic E-state index is 0.349. The summed E-state index contributed by atoms with van der Waals surface area (Å²) in [6, 6.07) is 0. The molecule has 0 fully saturated rings. The average Bonchev–Trinajstić information content (AvgIpc) is 2.50. The van der Waals surface area contributed by atoms with Gasteiger partial charge in [0.25, 0.3) is 0 Å². The minimum Gasteiger partial charge on any atom is -0.493 e. The number of rotatable bonds is 4. The number of alkyl halides is 1. The maximum Gasteiger partial charge on any atom is 0.126 e. The predicted molar refractivity (Wildman–Crippen MR) is 76.5 cm³/mol. The molecule has 0 amide bonds. The van der Waals surface area contributed by atoms with Crippen molar-refractivity contribution in [2.75, 3.05) is 26.4 Å². The molecule has 0 radical (unpaired) electrons. The third-order valence-electron chi connectivity index (χ3n) is 4.20. The van der Waals surface area contributed by atoms with E-state index in [2.05, 4.69) is 0 Å². The van der Waals surface area contributed by atoms with Crippen LogP contribution in [-0.4, -0.2) is 26.4 Å². The van der Waals surface area contributed by atoms with Gasteiger partial charge >= 0.3 is 0 Å². The van der Waals surface area contributed by atoms with Crippen LogP contribution in [0.2, 0.25) is 0 Å². The highest BCUT2D eigenvalue weighted by Gasteiger charge is 2.28. The number of hydrogen-bond donors (Lipinski definition) is 1. The van der Waals surface area contributed by atoms with Gasteiger partial charge in [-0.2, -0.15) is 0 Å². The summed E-state index contributed by atoms with van der Waals surface area (Å²) >= 11 is 0. The van der Waals surface area contributed by atoms with Gasteiger partial charge < -0.3 is 15.2 Å².